The summed E-state index contributed by atoms with van der Waals surface area (Å²) in [4.78, 5) is 25.1. The van der Waals surface area contributed by atoms with Gasteiger partial charge in [-0.2, -0.15) is 11.8 Å². The Hall–Kier alpha value is -1.53. The van der Waals surface area contributed by atoms with Crippen molar-refractivity contribution in [3.63, 3.8) is 0 Å². The van der Waals surface area contributed by atoms with Gasteiger partial charge in [-0.05, 0) is 24.0 Å². The van der Waals surface area contributed by atoms with Crippen molar-refractivity contribution >= 4 is 23.6 Å². The van der Waals surface area contributed by atoms with Crippen LogP contribution < -0.4 is 0 Å². The maximum atomic E-state index is 12.4. The fraction of sp³-hybridized carbons (Fsp3) is 0.467. The van der Waals surface area contributed by atoms with E-state index in [1.165, 1.54) is 4.90 Å². The highest BCUT2D eigenvalue weighted by molar-refractivity contribution is 7.97. The summed E-state index contributed by atoms with van der Waals surface area (Å²) in [5.41, 5.74) is 1.73. The van der Waals surface area contributed by atoms with E-state index in [2.05, 4.69) is 0 Å². The molecule has 2 unspecified atom stereocenters. The van der Waals surface area contributed by atoms with E-state index in [1.807, 2.05) is 18.4 Å². The van der Waals surface area contributed by atoms with Crippen molar-refractivity contribution < 1.29 is 19.4 Å². The third-order valence-electron chi connectivity index (χ3n) is 3.70. The number of thioether (sulfide) groups is 1. The van der Waals surface area contributed by atoms with Crippen molar-refractivity contribution in [2.45, 2.75) is 11.8 Å². The Balaban J connectivity index is 2.09. The lowest BCUT2D eigenvalue weighted by Crippen LogP contribution is -2.44. The van der Waals surface area contributed by atoms with Crippen molar-refractivity contribution in [1.29, 1.82) is 0 Å². The molecule has 2 rings (SSSR count). The van der Waals surface area contributed by atoms with Gasteiger partial charge in [-0.25, -0.2) is 0 Å². The van der Waals surface area contributed by atoms with Crippen LogP contribution >= 0.6 is 11.8 Å². The highest BCUT2D eigenvalue weighted by atomic mass is 32.2. The van der Waals surface area contributed by atoms with Crippen LogP contribution in [0.3, 0.4) is 0 Å². The second-order valence-electron chi connectivity index (χ2n) is 5.10. The molecule has 0 radical (unpaired) electrons. The second-order valence-corrected chi connectivity index (χ2v) is 5.96. The summed E-state index contributed by atoms with van der Waals surface area (Å²) in [5.74, 6) is -0.850. The molecule has 0 saturated carbocycles. The van der Waals surface area contributed by atoms with Crippen LogP contribution in [0, 0.1) is 5.92 Å². The molecule has 1 heterocycles. The van der Waals surface area contributed by atoms with Crippen LogP contribution in [0.2, 0.25) is 0 Å². The molecule has 6 heteroatoms. The van der Waals surface area contributed by atoms with E-state index in [9.17, 15) is 9.59 Å². The number of nitrogens with zero attached hydrogens (tertiary/aromatic N) is 1. The zero-order valence-electron chi connectivity index (χ0n) is 12.1. The number of hydrogen-bond acceptors (Lipinski definition) is 4. The van der Waals surface area contributed by atoms with Gasteiger partial charge >= 0.3 is 5.97 Å². The number of carboxylic acid groups (broad SMARTS) is 1. The van der Waals surface area contributed by atoms with Crippen LogP contribution in [0.4, 0.5) is 0 Å². The number of ether oxygens (including phenoxy) is 1. The lowest BCUT2D eigenvalue weighted by Gasteiger charge is -2.26. The largest absolute Gasteiger partial charge is 0.481 e. The molecule has 0 aromatic heterocycles. The normalized spacial score (nSPS) is 21.2. The zero-order chi connectivity index (χ0) is 15.4. The fourth-order valence-electron chi connectivity index (χ4n) is 2.43. The molecule has 1 saturated heterocycles. The van der Waals surface area contributed by atoms with Crippen LogP contribution in [0.5, 0.6) is 0 Å². The third-order valence-corrected chi connectivity index (χ3v) is 4.32. The summed E-state index contributed by atoms with van der Waals surface area (Å²) in [6.07, 6.45) is 2.03. The molecule has 1 aromatic rings. The van der Waals surface area contributed by atoms with Gasteiger partial charge in [0, 0.05) is 18.4 Å². The predicted molar refractivity (Wildman–Crippen MR) is 81.5 cm³/mol. The minimum atomic E-state index is -0.924. The molecule has 0 spiro atoms. The summed E-state index contributed by atoms with van der Waals surface area (Å²) in [6, 6.07) is 7.02. The molecule has 114 valence electrons. The molecular formula is C15H19NO4S. The lowest BCUT2D eigenvalue weighted by atomic mass is 10.0. The second kappa shape index (κ2) is 6.95. The summed E-state index contributed by atoms with van der Waals surface area (Å²) in [5, 5.41) is 9.16. The van der Waals surface area contributed by atoms with E-state index < -0.39 is 17.9 Å². The SMILES string of the molecule is CSCc1ccc(C(=O)N(C)C2COCC2C(=O)O)cc1. The van der Waals surface area contributed by atoms with Crippen LogP contribution in [-0.2, 0) is 15.3 Å². The topological polar surface area (TPSA) is 66.8 Å². The van der Waals surface area contributed by atoms with Gasteiger partial charge in [-0.1, -0.05) is 12.1 Å². The van der Waals surface area contributed by atoms with Gasteiger partial charge in [0.25, 0.3) is 5.91 Å². The van der Waals surface area contributed by atoms with Crippen LogP contribution in [0.15, 0.2) is 24.3 Å². The molecule has 2 atom stereocenters. The van der Waals surface area contributed by atoms with Gasteiger partial charge in [0.2, 0.25) is 0 Å². The minimum Gasteiger partial charge on any atom is -0.481 e. The quantitative estimate of drug-likeness (QED) is 0.897. The van der Waals surface area contributed by atoms with E-state index in [0.29, 0.717) is 5.56 Å². The molecule has 1 fully saturated rings. The van der Waals surface area contributed by atoms with E-state index >= 15 is 0 Å². The van der Waals surface area contributed by atoms with Crippen molar-refractivity contribution in [2.75, 3.05) is 26.5 Å². The lowest BCUT2D eigenvalue weighted by molar-refractivity contribution is -0.142. The highest BCUT2D eigenvalue weighted by Crippen LogP contribution is 2.21. The molecule has 1 N–H and O–H groups in total. The number of carboxylic acids is 1. The van der Waals surface area contributed by atoms with E-state index in [0.717, 1.165) is 11.3 Å². The standard InChI is InChI=1S/C15H19NO4S/c1-16(13-8-20-7-12(13)15(18)19)14(17)11-5-3-10(4-6-11)9-21-2/h3-6,12-13H,7-9H2,1-2H3,(H,18,19). The predicted octanol–water partition coefficient (Wildman–Crippen LogP) is 1.72. The van der Waals surface area contributed by atoms with Crippen LogP contribution in [-0.4, -0.2) is 54.4 Å². The molecule has 0 bridgehead atoms. The highest BCUT2D eigenvalue weighted by Gasteiger charge is 2.38. The number of amides is 1. The van der Waals surface area contributed by atoms with Gasteiger partial charge in [0.05, 0.1) is 19.3 Å². The number of carbonyl (C=O) groups excluding carboxylic acids is 1. The van der Waals surface area contributed by atoms with Crippen LogP contribution in [0.25, 0.3) is 0 Å². The van der Waals surface area contributed by atoms with Crippen LogP contribution in [0.1, 0.15) is 15.9 Å². The van der Waals surface area contributed by atoms with Crippen molar-refractivity contribution in [1.82, 2.24) is 4.90 Å². The molecule has 1 aromatic carbocycles. The maximum Gasteiger partial charge on any atom is 0.311 e. The number of aliphatic carboxylic acids is 1. The molecule has 5 nitrogen and oxygen atoms in total. The Bertz CT molecular complexity index is 517. The Kier molecular flexibility index (Phi) is 5.25. The van der Waals surface area contributed by atoms with E-state index in [4.69, 9.17) is 9.84 Å². The molecule has 0 aliphatic carbocycles. The monoisotopic (exact) mass is 309 g/mol. The number of rotatable bonds is 5. The molecule has 1 aliphatic rings. The molecule has 21 heavy (non-hydrogen) atoms. The van der Waals surface area contributed by atoms with Gasteiger partial charge in [-0.15, -0.1) is 0 Å². The van der Waals surface area contributed by atoms with Gasteiger partial charge in [0.1, 0.15) is 5.92 Å². The Labute approximate surface area is 128 Å². The van der Waals surface area contributed by atoms with Crippen molar-refractivity contribution in [3.8, 4) is 0 Å². The first-order valence-electron chi connectivity index (χ1n) is 6.70. The first-order valence-corrected chi connectivity index (χ1v) is 8.09. The number of hydrogen-bond donors (Lipinski definition) is 1. The molecule has 1 aliphatic heterocycles. The summed E-state index contributed by atoms with van der Waals surface area (Å²) in [7, 11) is 1.63. The average molecular weight is 309 g/mol. The Morgan fingerprint density at radius 1 is 1.33 bits per heavy atom. The van der Waals surface area contributed by atoms with Crippen molar-refractivity contribution in [2.24, 2.45) is 5.92 Å². The first kappa shape index (κ1) is 15.9. The Morgan fingerprint density at radius 2 is 2.00 bits per heavy atom. The Morgan fingerprint density at radius 3 is 2.57 bits per heavy atom. The number of benzene rings is 1. The maximum absolute atomic E-state index is 12.4. The summed E-state index contributed by atoms with van der Waals surface area (Å²) < 4.78 is 5.21. The van der Waals surface area contributed by atoms with E-state index in [1.54, 1.807) is 30.9 Å². The molecule has 1 amide bonds. The number of carbonyl (C=O) groups is 2. The van der Waals surface area contributed by atoms with Crippen molar-refractivity contribution in [3.05, 3.63) is 35.4 Å². The minimum absolute atomic E-state index is 0.157. The van der Waals surface area contributed by atoms with Gasteiger partial charge in [-0.3, -0.25) is 9.59 Å². The van der Waals surface area contributed by atoms with Gasteiger partial charge in [0.15, 0.2) is 0 Å². The fourth-order valence-corrected chi connectivity index (χ4v) is 2.95. The third kappa shape index (κ3) is 3.57. The average Bonchev–Trinajstić information content (AvgIpc) is 2.96. The van der Waals surface area contributed by atoms with E-state index in [-0.39, 0.29) is 19.1 Å². The first-order chi connectivity index (χ1) is 10.0. The summed E-state index contributed by atoms with van der Waals surface area (Å²) >= 11 is 1.72. The zero-order valence-corrected chi connectivity index (χ0v) is 12.9. The smallest absolute Gasteiger partial charge is 0.311 e. The molecular weight excluding hydrogens is 290 g/mol. The number of likely N-dealkylation sites (N-methyl/N-ethyl adjacent to an activating group) is 1. The summed E-state index contributed by atoms with van der Waals surface area (Å²) in [6.45, 7) is 0.425. The van der Waals surface area contributed by atoms with Gasteiger partial charge < -0.3 is 14.7 Å².